The molecule has 78 valence electrons. The summed E-state index contributed by atoms with van der Waals surface area (Å²) >= 11 is 0. The Hall–Kier alpha value is -0.560. The maximum atomic E-state index is 3.74. The minimum absolute atomic E-state index is 0.650. The second-order valence-electron chi connectivity index (χ2n) is 4.86. The predicted molar refractivity (Wildman–Crippen MR) is 61.3 cm³/mol. The summed E-state index contributed by atoms with van der Waals surface area (Å²) in [5.41, 5.74) is 4.54. The van der Waals surface area contributed by atoms with Gasteiger partial charge in [0.15, 0.2) is 0 Å². The third-order valence-electron chi connectivity index (χ3n) is 3.68. The summed E-state index contributed by atoms with van der Waals surface area (Å²) in [6.45, 7) is 6.70. The molecule has 2 aliphatic rings. The van der Waals surface area contributed by atoms with Crippen molar-refractivity contribution in [1.82, 2.24) is 5.32 Å². The predicted octanol–water partition coefficient (Wildman–Crippen LogP) is 3.18. The van der Waals surface area contributed by atoms with Gasteiger partial charge in [-0.15, -0.1) is 0 Å². The van der Waals surface area contributed by atoms with Gasteiger partial charge in [-0.2, -0.15) is 0 Å². The molecular formula is C13H21N. The fourth-order valence-electron chi connectivity index (χ4n) is 2.58. The average Bonchev–Trinajstić information content (AvgIpc) is 2.46. The summed E-state index contributed by atoms with van der Waals surface area (Å²) in [6.07, 6.45) is 7.75. The average molecular weight is 191 g/mol. The molecule has 14 heavy (non-hydrogen) atoms. The molecule has 0 spiro atoms. The quantitative estimate of drug-likeness (QED) is 0.671. The molecule has 0 radical (unpaired) electrons. The summed E-state index contributed by atoms with van der Waals surface area (Å²) in [6, 6.07) is 1.44. The van der Waals surface area contributed by atoms with Gasteiger partial charge in [0.1, 0.15) is 0 Å². The zero-order chi connectivity index (χ0) is 10.1. The normalized spacial score (nSPS) is 30.9. The van der Waals surface area contributed by atoms with Crippen LogP contribution in [-0.2, 0) is 0 Å². The molecule has 0 aromatic heterocycles. The van der Waals surface area contributed by atoms with Crippen LogP contribution in [0.2, 0.25) is 0 Å². The maximum absolute atomic E-state index is 3.74. The number of hydrogen-bond donors (Lipinski definition) is 1. The molecule has 0 aliphatic carbocycles. The number of rotatable bonds is 1. The minimum atomic E-state index is 0.650. The van der Waals surface area contributed by atoms with Gasteiger partial charge in [-0.25, -0.2) is 0 Å². The summed E-state index contributed by atoms with van der Waals surface area (Å²) in [4.78, 5) is 0. The van der Waals surface area contributed by atoms with Crippen LogP contribution in [0.3, 0.4) is 0 Å². The van der Waals surface area contributed by atoms with Gasteiger partial charge in [0.2, 0.25) is 0 Å². The van der Waals surface area contributed by atoms with Gasteiger partial charge in [0, 0.05) is 12.1 Å². The Bertz CT molecular complexity index is 282. The third-order valence-corrected chi connectivity index (χ3v) is 3.68. The van der Waals surface area contributed by atoms with Crippen molar-refractivity contribution in [2.45, 2.75) is 58.5 Å². The van der Waals surface area contributed by atoms with Crippen molar-refractivity contribution in [2.75, 3.05) is 0 Å². The van der Waals surface area contributed by atoms with Crippen LogP contribution in [0.1, 0.15) is 46.5 Å². The first-order valence-electron chi connectivity index (χ1n) is 5.79. The third kappa shape index (κ3) is 1.78. The van der Waals surface area contributed by atoms with Crippen molar-refractivity contribution in [3.05, 3.63) is 22.8 Å². The fourth-order valence-corrected chi connectivity index (χ4v) is 2.58. The Morgan fingerprint density at radius 3 is 2.71 bits per heavy atom. The van der Waals surface area contributed by atoms with Gasteiger partial charge in [-0.1, -0.05) is 11.6 Å². The summed E-state index contributed by atoms with van der Waals surface area (Å²) in [5.74, 6) is 0. The van der Waals surface area contributed by atoms with E-state index < -0.39 is 0 Å². The first-order valence-corrected chi connectivity index (χ1v) is 5.79. The van der Waals surface area contributed by atoms with Gasteiger partial charge < -0.3 is 5.32 Å². The highest BCUT2D eigenvalue weighted by molar-refractivity contribution is 5.38. The van der Waals surface area contributed by atoms with Crippen LogP contribution in [0.15, 0.2) is 22.8 Å². The molecule has 1 unspecified atom stereocenters. The van der Waals surface area contributed by atoms with E-state index in [0.717, 1.165) is 6.04 Å². The van der Waals surface area contributed by atoms with Crippen LogP contribution in [-0.4, -0.2) is 12.1 Å². The van der Waals surface area contributed by atoms with E-state index >= 15 is 0 Å². The van der Waals surface area contributed by atoms with Crippen molar-refractivity contribution in [2.24, 2.45) is 0 Å². The lowest BCUT2D eigenvalue weighted by Gasteiger charge is -2.17. The van der Waals surface area contributed by atoms with E-state index in [1.54, 1.807) is 5.57 Å². The molecule has 2 heterocycles. The van der Waals surface area contributed by atoms with Crippen LogP contribution >= 0.6 is 0 Å². The second kappa shape index (κ2) is 3.90. The molecule has 1 fully saturated rings. The van der Waals surface area contributed by atoms with E-state index in [0.29, 0.717) is 6.04 Å². The molecule has 2 aliphatic heterocycles. The highest BCUT2D eigenvalue weighted by Crippen LogP contribution is 2.30. The zero-order valence-electron chi connectivity index (χ0n) is 9.56. The Morgan fingerprint density at radius 2 is 2.00 bits per heavy atom. The van der Waals surface area contributed by atoms with Gasteiger partial charge in [0.05, 0.1) is 0 Å². The Morgan fingerprint density at radius 1 is 1.21 bits per heavy atom. The minimum Gasteiger partial charge on any atom is -0.307 e. The van der Waals surface area contributed by atoms with Crippen molar-refractivity contribution in [1.29, 1.82) is 0 Å². The van der Waals surface area contributed by atoms with E-state index in [-0.39, 0.29) is 0 Å². The summed E-state index contributed by atoms with van der Waals surface area (Å²) in [5, 5.41) is 3.74. The molecule has 1 heteroatoms. The number of nitrogens with one attached hydrogen (secondary N) is 1. The van der Waals surface area contributed by atoms with Crippen molar-refractivity contribution >= 4 is 0 Å². The van der Waals surface area contributed by atoms with Gasteiger partial charge in [0.25, 0.3) is 0 Å². The molecule has 2 bridgehead atoms. The van der Waals surface area contributed by atoms with Crippen molar-refractivity contribution in [3.63, 3.8) is 0 Å². The first kappa shape index (κ1) is 9.97. The van der Waals surface area contributed by atoms with Gasteiger partial charge in [-0.3, -0.25) is 0 Å². The monoisotopic (exact) mass is 191 g/mol. The molecule has 2 rings (SSSR count). The molecule has 0 aromatic carbocycles. The van der Waals surface area contributed by atoms with Crippen molar-refractivity contribution in [3.8, 4) is 0 Å². The topological polar surface area (TPSA) is 12.0 Å². The standard InChI is InChI=1S/C13H21N/c1-9(2)10(3)12-6-4-5-11-7-8-13(12)14-11/h6,11,13-14H,4-5,7-8H2,1-3H3/t11-,13?/m0/s1. The molecule has 1 saturated heterocycles. The molecule has 0 saturated carbocycles. The molecule has 1 N–H and O–H groups in total. The SMILES string of the molecule is CC(C)=C(C)C1=CCC[C@H]2CCC1N2. The molecular weight excluding hydrogens is 170 g/mol. The van der Waals surface area contributed by atoms with Crippen molar-refractivity contribution < 1.29 is 0 Å². The van der Waals surface area contributed by atoms with Crippen LogP contribution in [0.25, 0.3) is 0 Å². The van der Waals surface area contributed by atoms with Crippen LogP contribution in [0, 0.1) is 0 Å². The number of allylic oxidation sites excluding steroid dienone is 2. The lowest BCUT2D eigenvalue weighted by molar-refractivity contribution is 0.555. The Labute approximate surface area is 87.3 Å². The first-order chi connectivity index (χ1) is 6.68. The maximum Gasteiger partial charge on any atom is 0.0322 e. The number of fused-ring (bicyclic) bond motifs is 2. The number of hydrogen-bond acceptors (Lipinski definition) is 1. The van der Waals surface area contributed by atoms with Crippen LogP contribution in [0.5, 0.6) is 0 Å². The highest BCUT2D eigenvalue weighted by atomic mass is 15.0. The van der Waals surface area contributed by atoms with Gasteiger partial charge in [-0.05, 0) is 57.6 Å². The molecule has 0 aromatic rings. The molecule has 0 amide bonds. The van der Waals surface area contributed by atoms with E-state index in [1.165, 1.54) is 36.8 Å². The van der Waals surface area contributed by atoms with Crippen LogP contribution < -0.4 is 5.32 Å². The lowest BCUT2D eigenvalue weighted by atomic mass is 9.93. The van der Waals surface area contributed by atoms with E-state index in [9.17, 15) is 0 Å². The van der Waals surface area contributed by atoms with E-state index in [4.69, 9.17) is 0 Å². The largest absolute Gasteiger partial charge is 0.307 e. The van der Waals surface area contributed by atoms with Gasteiger partial charge >= 0.3 is 0 Å². The zero-order valence-corrected chi connectivity index (χ0v) is 9.56. The van der Waals surface area contributed by atoms with E-state index in [2.05, 4.69) is 32.2 Å². The molecule has 2 atom stereocenters. The lowest BCUT2D eigenvalue weighted by Crippen LogP contribution is -2.29. The van der Waals surface area contributed by atoms with Crippen LogP contribution in [0.4, 0.5) is 0 Å². The van der Waals surface area contributed by atoms with E-state index in [1.807, 2.05) is 0 Å². The Balaban J connectivity index is 2.25. The highest BCUT2D eigenvalue weighted by Gasteiger charge is 2.28. The second-order valence-corrected chi connectivity index (χ2v) is 4.86. The smallest absolute Gasteiger partial charge is 0.0322 e. The Kier molecular flexibility index (Phi) is 2.78. The summed E-state index contributed by atoms with van der Waals surface area (Å²) in [7, 11) is 0. The molecule has 1 nitrogen and oxygen atoms in total. The summed E-state index contributed by atoms with van der Waals surface area (Å²) < 4.78 is 0. The fraction of sp³-hybridized carbons (Fsp3) is 0.692.